The Kier molecular flexibility index (Phi) is 3.14. The van der Waals surface area contributed by atoms with Crippen LogP contribution < -0.4 is 4.74 Å². The van der Waals surface area contributed by atoms with Gasteiger partial charge in [0.05, 0.1) is 0 Å². The van der Waals surface area contributed by atoms with Crippen molar-refractivity contribution in [3.8, 4) is 11.7 Å². The summed E-state index contributed by atoms with van der Waals surface area (Å²) in [6, 6.07) is 6.70. The Morgan fingerprint density at radius 2 is 2.12 bits per heavy atom. The highest BCUT2D eigenvalue weighted by atomic mass is 79.9. The number of halogens is 2. The van der Waals surface area contributed by atoms with E-state index in [1.54, 1.807) is 0 Å². The lowest BCUT2D eigenvalue weighted by molar-refractivity contribution is 0.0657. The number of carboxylic acid groups (broad SMARTS) is 1. The van der Waals surface area contributed by atoms with Gasteiger partial charge in [-0.25, -0.2) is 9.18 Å². The molecule has 0 unspecified atom stereocenters. The largest absolute Gasteiger partial charge is 0.475 e. The second-order valence-electron chi connectivity index (χ2n) is 3.10. The summed E-state index contributed by atoms with van der Waals surface area (Å²) in [4.78, 5) is 10.6. The van der Waals surface area contributed by atoms with Gasteiger partial charge in [0.25, 0.3) is 5.95 Å². The zero-order chi connectivity index (χ0) is 12.4. The molecule has 0 fully saturated rings. The van der Waals surface area contributed by atoms with Gasteiger partial charge in [-0.15, -0.1) is 0 Å². The number of ether oxygens (including phenoxy) is 1. The summed E-state index contributed by atoms with van der Waals surface area (Å²) in [5.41, 5.74) is 0. The fourth-order valence-corrected chi connectivity index (χ4v) is 1.49. The molecule has 0 aliphatic rings. The third kappa shape index (κ3) is 2.65. The van der Waals surface area contributed by atoms with Crippen LogP contribution in [0.3, 0.4) is 0 Å². The molecule has 1 N–H and O–H groups in total. The van der Waals surface area contributed by atoms with E-state index in [1.807, 2.05) is 0 Å². The number of benzene rings is 1. The van der Waals surface area contributed by atoms with Gasteiger partial charge < -0.3 is 14.3 Å². The van der Waals surface area contributed by atoms with E-state index in [0.717, 1.165) is 0 Å². The van der Waals surface area contributed by atoms with Gasteiger partial charge in [-0.1, -0.05) is 15.9 Å². The zero-order valence-corrected chi connectivity index (χ0v) is 9.90. The van der Waals surface area contributed by atoms with Crippen LogP contribution in [0.4, 0.5) is 4.39 Å². The first kappa shape index (κ1) is 11.7. The van der Waals surface area contributed by atoms with Crippen LogP contribution in [0.5, 0.6) is 11.7 Å². The topological polar surface area (TPSA) is 59.7 Å². The van der Waals surface area contributed by atoms with E-state index in [0.29, 0.717) is 4.47 Å². The van der Waals surface area contributed by atoms with E-state index < -0.39 is 11.8 Å². The van der Waals surface area contributed by atoms with Crippen molar-refractivity contribution >= 4 is 21.9 Å². The molecule has 4 nitrogen and oxygen atoms in total. The Hall–Kier alpha value is -1.82. The fourth-order valence-electron chi connectivity index (χ4n) is 1.15. The molecule has 88 valence electrons. The summed E-state index contributed by atoms with van der Waals surface area (Å²) < 4.78 is 23.9. The van der Waals surface area contributed by atoms with Crippen LogP contribution in [-0.2, 0) is 0 Å². The number of rotatable bonds is 3. The van der Waals surface area contributed by atoms with E-state index in [1.165, 1.54) is 30.3 Å². The number of aromatic carboxylic acids is 1. The molecule has 0 amide bonds. The van der Waals surface area contributed by atoms with Gasteiger partial charge in [-0.3, -0.25) is 0 Å². The molecular weight excluding hydrogens is 295 g/mol. The molecule has 1 aromatic heterocycles. The van der Waals surface area contributed by atoms with Gasteiger partial charge in [0.2, 0.25) is 5.76 Å². The Bertz CT molecular complexity index is 564. The molecular formula is C11H6BrFO4. The van der Waals surface area contributed by atoms with Crippen molar-refractivity contribution in [1.82, 2.24) is 0 Å². The third-order valence-corrected chi connectivity index (χ3v) is 2.39. The fraction of sp³-hybridized carbons (Fsp3) is 0. The molecule has 0 radical (unpaired) electrons. The molecule has 1 aromatic carbocycles. The maximum Gasteiger partial charge on any atom is 0.371 e. The second-order valence-corrected chi connectivity index (χ2v) is 4.02. The van der Waals surface area contributed by atoms with Crippen molar-refractivity contribution in [2.45, 2.75) is 0 Å². The van der Waals surface area contributed by atoms with Crippen LogP contribution in [-0.4, -0.2) is 11.1 Å². The van der Waals surface area contributed by atoms with Gasteiger partial charge in [-0.2, -0.15) is 0 Å². The van der Waals surface area contributed by atoms with Gasteiger partial charge in [0, 0.05) is 10.5 Å². The van der Waals surface area contributed by atoms with Gasteiger partial charge >= 0.3 is 5.97 Å². The summed E-state index contributed by atoms with van der Waals surface area (Å²) >= 11 is 3.17. The Morgan fingerprint density at radius 1 is 1.35 bits per heavy atom. The summed E-state index contributed by atoms with van der Waals surface area (Å²) in [6.07, 6.45) is 0. The highest BCUT2D eigenvalue weighted by Gasteiger charge is 2.12. The molecule has 0 aliphatic carbocycles. The Balaban J connectivity index is 2.25. The average molecular weight is 301 g/mol. The number of carbonyl (C=O) groups is 1. The van der Waals surface area contributed by atoms with Gasteiger partial charge in [0.15, 0.2) is 11.6 Å². The first-order valence-electron chi connectivity index (χ1n) is 4.52. The predicted octanol–water partition coefficient (Wildman–Crippen LogP) is 3.67. The smallest absolute Gasteiger partial charge is 0.371 e. The van der Waals surface area contributed by atoms with E-state index in [2.05, 4.69) is 15.9 Å². The number of carboxylic acids is 1. The Labute approximate surface area is 104 Å². The highest BCUT2D eigenvalue weighted by molar-refractivity contribution is 9.10. The third-order valence-electron chi connectivity index (χ3n) is 1.90. The SMILES string of the molecule is O=C(O)c1ccc(Oc2cc(Br)ccc2F)o1. The lowest BCUT2D eigenvalue weighted by Crippen LogP contribution is -1.92. The van der Waals surface area contributed by atoms with Crippen molar-refractivity contribution in [3.05, 3.63) is 46.4 Å². The molecule has 0 atom stereocenters. The van der Waals surface area contributed by atoms with Gasteiger partial charge in [-0.05, 0) is 24.3 Å². The van der Waals surface area contributed by atoms with Crippen LogP contribution in [0.25, 0.3) is 0 Å². The van der Waals surface area contributed by atoms with Crippen LogP contribution in [0.1, 0.15) is 10.6 Å². The van der Waals surface area contributed by atoms with Crippen molar-refractivity contribution in [3.63, 3.8) is 0 Å². The van der Waals surface area contributed by atoms with E-state index in [9.17, 15) is 9.18 Å². The summed E-state index contributed by atoms with van der Waals surface area (Å²) in [5.74, 6) is -2.18. The molecule has 6 heteroatoms. The zero-order valence-electron chi connectivity index (χ0n) is 8.31. The quantitative estimate of drug-likeness (QED) is 0.939. The Morgan fingerprint density at radius 3 is 2.76 bits per heavy atom. The maximum atomic E-state index is 13.3. The number of hydrogen-bond acceptors (Lipinski definition) is 3. The molecule has 17 heavy (non-hydrogen) atoms. The molecule has 0 saturated heterocycles. The highest BCUT2D eigenvalue weighted by Crippen LogP contribution is 2.28. The van der Waals surface area contributed by atoms with Crippen molar-refractivity contribution in [2.24, 2.45) is 0 Å². The van der Waals surface area contributed by atoms with Crippen LogP contribution in [0.15, 0.2) is 39.2 Å². The lowest BCUT2D eigenvalue weighted by atomic mass is 10.3. The standard InChI is InChI=1S/C11H6BrFO4/c12-6-1-2-7(13)9(5-6)17-10-4-3-8(16-10)11(14)15/h1-5H,(H,14,15). The van der Waals surface area contributed by atoms with Gasteiger partial charge in [0.1, 0.15) is 0 Å². The maximum absolute atomic E-state index is 13.3. The van der Waals surface area contributed by atoms with Crippen molar-refractivity contribution < 1.29 is 23.4 Å². The molecule has 0 spiro atoms. The molecule has 2 aromatic rings. The first-order chi connectivity index (χ1) is 8.06. The average Bonchev–Trinajstić information content (AvgIpc) is 2.72. The van der Waals surface area contributed by atoms with Crippen LogP contribution >= 0.6 is 15.9 Å². The predicted molar refractivity (Wildman–Crippen MR) is 59.8 cm³/mol. The number of furan rings is 1. The molecule has 1 heterocycles. The van der Waals surface area contributed by atoms with Crippen molar-refractivity contribution in [2.75, 3.05) is 0 Å². The monoisotopic (exact) mass is 300 g/mol. The molecule has 0 bridgehead atoms. The van der Waals surface area contributed by atoms with E-state index in [4.69, 9.17) is 14.3 Å². The number of hydrogen-bond donors (Lipinski definition) is 1. The molecule has 0 saturated carbocycles. The minimum atomic E-state index is -1.21. The molecule has 2 rings (SSSR count). The lowest BCUT2D eigenvalue weighted by Gasteiger charge is -2.03. The first-order valence-corrected chi connectivity index (χ1v) is 5.31. The van der Waals surface area contributed by atoms with Crippen LogP contribution in [0.2, 0.25) is 0 Å². The second kappa shape index (κ2) is 4.58. The van der Waals surface area contributed by atoms with E-state index >= 15 is 0 Å². The van der Waals surface area contributed by atoms with Crippen LogP contribution in [0, 0.1) is 5.82 Å². The minimum absolute atomic E-state index is 0.0503. The summed E-state index contributed by atoms with van der Waals surface area (Å²) in [5, 5.41) is 8.63. The normalized spacial score (nSPS) is 10.2. The molecule has 0 aliphatic heterocycles. The summed E-state index contributed by atoms with van der Waals surface area (Å²) in [6.45, 7) is 0. The van der Waals surface area contributed by atoms with Crippen molar-refractivity contribution in [1.29, 1.82) is 0 Å². The minimum Gasteiger partial charge on any atom is -0.475 e. The van der Waals surface area contributed by atoms with E-state index in [-0.39, 0.29) is 17.5 Å². The summed E-state index contributed by atoms with van der Waals surface area (Å²) in [7, 11) is 0.